The summed E-state index contributed by atoms with van der Waals surface area (Å²) in [5.41, 5.74) is -1.03. The molecule has 0 aromatic rings. The van der Waals surface area contributed by atoms with Crippen molar-refractivity contribution in [2.24, 2.45) is 40.4 Å². The van der Waals surface area contributed by atoms with Crippen molar-refractivity contribution in [1.29, 1.82) is 0 Å². The number of rotatable bonds is 20. The number of hydrogen-bond donors (Lipinski definition) is 17. The molecule has 11 aliphatic rings. The van der Waals surface area contributed by atoms with Gasteiger partial charge in [0.05, 0.1) is 61.5 Å². The van der Waals surface area contributed by atoms with Gasteiger partial charge in [0.15, 0.2) is 37.7 Å². The van der Waals surface area contributed by atoms with E-state index in [1.807, 2.05) is 6.92 Å². The van der Waals surface area contributed by atoms with Crippen LogP contribution >= 0.6 is 0 Å². The van der Waals surface area contributed by atoms with Gasteiger partial charge in [-0.15, -0.1) is 0 Å². The Balaban J connectivity index is 0.875. The van der Waals surface area contributed by atoms with Gasteiger partial charge in [-0.05, 0) is 126 Å². The summed E-state index contributed by atoms with van der Waals surface area (Å²) in [6.45, 7) is 14.0. The smallest absolute Gasteiger partial charge is 0.394 e. The molecule has 97 heavy (non-hydrogen) atoms. The van der Waals surface area contributed by atoms with E-state index in [2.05, 4.69) is 33.8 Å². The zero-order chi connectivity index (χ0) is 70.8. The van der Waals surface area contributed by atoms with Crippen molar-refractivity contribution in [1.82, 2.24) is 0 Å². The second-order valence-corrected chi connectivity index (χ2v) is 31.2. The summed E-state index contributed by atoms with van der Waals surface area (Å²) < 4.78 is 120. The second-order valence-electron chi connectivity index (χ2n) is 30.2. The maximum absolute atomic E-state index is 12.8. The number of aliphatic hydroxyl groups excluding tert-OH is 15. The van der Waals surface area contributed by atoms with Gasteiger partial charge in [0.25, 0.3) is 0 Å². The van der Waals surface area contributed by atoms with Crippen LogP contribution in [0.25, 0.3) is 0 Å². The second kappa shape index (κ2) is 29.4. The first kappa shape index (κ1) is 76.6. The normalized spacial score (nSPS) is 54.1. The molecule has 7 saturated heterocycles. The first-order chi connectivity index (χ1) is 45.4. The van der Waals surface area contributed by atoms with Crippen LogP contribution in [0.5, 0.6) is 0 Å². The molecule has 7 heterocycles. The minimum atomic E-state index is -4.91. The Morgan fingerprint density at radius 3 is 1.57 bits per heavy atom. The fraction of sp³-hybridized carbons (Fsp3) is 0.968. The highest BCUT2D eigenvalue weighted by Gasteiger charge is 2.67. The summed E-state index contributed by atoms with van der Waals surface area (Å²) in [4.78, 5) is 0. The first-order valence-corrected chi connectivity index (χ1v) is 35.5. The molecule has 11 rings (SSSR count). The fourth-order valence-corrected chi connectivity index (χ4v) is 18.4. The molecule has 3 saturated carbocycles. The lowest BCUT2D eigenvalue weighted by Crippen LogP contribution is -2.69. The highest BCUT2D eigenvalue weighted by molar-refractivity contribution is 7.80. The molecule has 0 amide bonds. The van der Waals surface area contributed by atoms with Crippen molar-refractivity contribution in [3.8, 4) is 0 Å². The van der Waals surface area contributed by atoms with Crippen LogP contribution in [0, 0.1) is 40.4 Å². The van der Waals surface area contributed by atoms with Gasteiger partial charge in [0.1, 0.15) is 128 Å². The molecule has 0 radical (unpaired) electrons. The molecule has 0 aromatic heterocycles. The van der Waals surface area contributed by atoms with Crippen LogP contribution < -0.4 is 0 Å². The Kier molecular flexibility index (Phi) is 23.2. The Morgan fingerprint density at radius 1 is 0.515 bits per heavy atom. The van der Waals surface area contributed by atoms with Gasteiger partial charge in [-0.3, -0.25) is 4.55 Å². The maximum Gasteiger partial charge on any atom is 0.397 e. The van der Waals surface area contributed by atoms with E-state index in [1.165, 1.54) is 33.3 Å². The zero-order valence-corrected chi connectivity index (χ0v) is 56.5. The molecule has 34 heteroatoms. The average Bonchev–Trinajstić information content (AvgIpc) is 1.63. The van der Waals surface area contributed by atoms with E-state index in [-0.39, 0.29) is 42.8 Å². The van der Waals surface area contributed by atoms with Crippen molar-refractivity contribution in [2.45, 2.75) is 328 Å². The number of allylic oxidation sites excluding steroid dienone is 2. The van der Waals surface area contributed by atoms with Crippen molar-refractivity contribution in [3.05, 3.63) is 11.6 Å². The van der Waals surface area contributed by atoms with Crippen molar-refractivity contribution in [3.63, 3.8) is 0 Å². The van der Waals surface area contributed by atoms with Crippen LogP contribution in [0.4, 0.5) is 0 Å². The largest absolute Gasteiger partial charge is 0.397 e. The fourth-order valence-electron chi connectivity index (χ4n) is 17.9. The standard InChI is InChI=1S/C63H104O33S/c1-21(2)16-32-54(87-32)63(9,79)35-11-10-28-27-18-31(30-17-26(96-97(80,81)82)12-14-61(30,7)29(27)13-15-62(28,35)8)88-58-48(78)51(38(68)24(5)85-58)93-59-52(94-55-43(73)40(70)36(66)22(3)83-55)46(76)49(25(6)86-59)91-60-53(95-56-44(74)41(71)37(67)23(4)84-56)47(77)50(34(20-65)90-60)92-57-45(75)42(72)39(69)33(19-64)89-57/h13,21-28,30-60,64-79H,10-12,14-20H2,1-9H3,(H,80,81,82)/t22?,23?,24?,25?,26-,27?,28?,30?,31?,32?,33?,34?,35-,36?,37?,38?,39?,40?,41?,42?,43?,44?,45?,46?,47?,48?,49?,50?,51?,52?,53?,54?,55?,56?,57?,58?,59?,60?,61+,62-,63?/m0/s1. The third-order valence-electron chi connectivity index (χ3n) is 23.4. The van der Waals surface area contributed by atoms with Gasteiger partial charge >= 0.3 is 10.4 Å². The van der Waals surface area contributed by atoms with E-state index < -0.39 is 242 Å². The number of fused-ring (bicyclic) bond motifs is 5. The molecule has 7 aliphatic heterocycles. The molecule has 4 aliphatic carbocycles. The number of ether oxygens (including phenoxy) is 13. The molecule has 41 atom stereocenters. The summed E-state index contributed by atoms with van der Waals surface area (Å²) >= 11 is 0. The minimum Gasteiger partial charge on any atom is -0.394 e. The summed E-state index contributed by atoms with van der Waals surface area (Å²) in [6.07, 6.45) is -49.9. The van der Waals surface area contributed by atoms with Gasteiger partial charge < -0.3 is 143 Å². The monoisotopic (exact) mass is 1420 g/mol. The van der Waals surface area contributed by atoms with E-state index in [0.29, 0.717) is 25.2 Å². The Bertz CT molecular complexity index is 2790. The molecular formula is C63H104O33S. The highest BCUT2D eigenvalue weighted by Crippen LogP contribution is 2.68. The molecule has 17 N–H and O–H groups in total. The van der Waals surface area contributed by atoms with E-state index in [1.54, 1.807) is 0 Å². The lowest BCUT2D eigenvalue weighted by Gasteiger charge is -2.60. The van der Waals surface area contributed by atoms with Crippen molar-refractivity contribution < 1.29 is 160 Å². The first-order valence-electron chi connectivity index (χ1n) is 34.1. The highest BCUT2D eigenvalue weighted by atomic mass is 32.3. The van der Waals surface area contributed by atoms with Crippen LogP contribution in [0.2, 0.25) is 0 Å². The number of aliphatic hydroxyl groups is 16. The summed E-state index contributed by atoms with van der Waals surface area (Å²) in [6, 6.07) is 0. The van der Waals surface area contributed by atoms with E-state index in [4.69, 9.17) is 65.8 Å². The summed E-state index contributed by atoms with van der Waals surface area (Å²) in [5.74, 6) is -0.397. The predicted molar refractivity (Wildman–Crippen MR) is 322 cm³/mol. The maximum atomic E-state index is 12.8. The number of hydrogen-bond acceptors (Lipinski definition) is 32. The van der Waals surface area contributed by atoms with Crippen LogP contribution in [-0.2, 0) is 76.2 Å². The van der Waals surface area contributed by atoms with Gasteiger partial charge in [-0.25, -0.2) is 4.18 Å². The van der Waals surface area contributed by atoms with Crippen molar-refractivity contribution in [2.75, 3.05) is 13.2 Å². The third-order valence-corrected chi connectivity index (χ3v) is 23.9. The lowest BCUT2D eigenvalue weighted by molar-refractivity contribution is -0.413. The summed E-state index contributed by atoms with van der Waals surface area (Å²) in [5, 5.41) is 181. The SMILES string of the molecule is CC(C)CC1OC1C(C)(O)[C@H]1CCC2C3CC(OC4OC(C)C(O)C(OC5OC(C)C(OC6OC(CO)C(OC7OC(CO)C(O)C(O)C7O)C(O)C6OC6OC(C)C(O)C(O)C6O)C(O)C5OC5OC(C)C(O)C(O)C5O)C4O)C4C[C@@H](OS(=O)(=O)O)CC[C@]4(C)C3=CC[C@@]21C. The van der Waals surface area contributed by atoms with Gasteiger partial charge in [0, 0.05) is 0 Å². The minimum absolute atomic E-state index is 0.0310. The van der Waals surface area contributed by atoms with Crippen LogP contribution in [-0.4, -0.2) is 322 Å². The average molecular weight is 1420 g/mol. The van der Waals surface area contributed by atoms with Crippen LogP contribution in [0.3, 0.4) is 0 Å². The molecule has 0 aromatic carbocycles. The zero-order valence-electron chi connectivity index (χ0n) is 55.7. The van der Waals surface area contributed by atoms with Gasteiger partial charge in [-0.2, -0.15) is 8.42 Å². The molecule has 0 spiro atoms. The van der Waals surface area contributed by atoms with E-state index >= 15 is 0 Å². The van der Waals surface area contributed by atoms with Crippen LogP contribution in [0.15, 0.2) is 11.6 Å². The topological polar surface area (TPSA) is 511 Å². The molecule has 560 valence electrons. The van der Waals surface area contributed by atoms with E-state index in [0.717, 1.165) is 19.3 Å². The Morgan fingerprint density at radius 2 is 1.00 bits per heavy atom. The lowest BCUT2D eigenvalue weighted by atomic mass is 9.47. The number of epoxide rings is 1. The summed E-state index contributed by atoms with van der Waals surface area (Å²) in [7, 11) is -4.91. The quantitative estimate of drug-likeness (QED) is 0.0310. The predicted octanol–water partition coefficient (Wildman–Crippen LogP) is -4.66. The van der Waals surface area contributed by atoms with Crippen LogP contribution in [0.1, 0.15) is 114 Å². The third kappa shape index (κ3) is 14.7. The Labute approximate surface area is 562 Å². The molecular weight excluding hydrogens is 1320 g/mol. The molecule has 37 unspecified atom stereocenters. The Hall–Kier alpha value is -1.55. The molecule has 0 bridgehead atoms. The van der Waals surface area contributed by atoms with E-state index in [9.17, 15) is 94.7 Å². The van der Waals surface area contributed by atoms with Gasteiger partial charge in [-0.1, -0.05) is 39.3 Å². The molecule has 10 fully saturated rings. The van der Waals surface area contributed by atoms with Crippen molar-refractivity contribution >= 4 is 10.4 Å². The molecule has 33 nitrogen and oxygen atoms in total. The van der Waals surface area contributed by atoms with Gasteiger partial charge in [0.2, 0.25) is 0 Å².